The van der Waals surface area contributed by atoms with Gasteiger partial charge < -0.3 is 19.5 Å². The molecule has 3 amide bonds. The second kappa shape index (κ2) is 18.3. The van der Waals surface area contributed by atoms with Crippen molar-refractivity contribution in [2.45, 2.75) is 130 Å². The van der Waals surface area contributed by atoms with Gasteiger partial charge in [0.1, 0.15) is 5.75 Å². The third-order valence-electron chi connectivity index (χ3n) is 6.86. The molecule has 2 rings (SSSR count). The summed E-state index contributed by atoms with van der Waals surface area (Å²) in [7, 11) is 0. The van der Waals surface area contributed by atoms with Gasteiger partial charge in [0.15, 0.2) is 6.10 Å². The van der Waals surface area contributed by atoms with Crippen LogP contribution >= 0.6 is 11.6 Å². The number of carbonyl (C=O) groups excluding carboxylic acids is 3. The van der Waals surface area contributed by atoms with Gasteiger partial charge in [0, 0.05) is 5.02 Å². The second-order valence-corrected chi connectivity index (χ2v) is 12.5. The lowest BCUT2D eigenvalue weighted by Crippen LogP contribution is -2.50. The van der Waals surface area contributed by atoms with Crippen LogP contribution in [0.25, 0.3) is 0 Å². The zero-order valence-electron chi connectivity index (χ0n) is 25.8. The number of nitrogens with one attached hydrogen (secondary N) is 1. The molecule has 1 aromatic rings. The van der Waals surface area contributed by atoms with Crippen LogP contribution in [0.1, 0.15) is 118 Å². The van der Waals surface area contributed by atoms with Crippen LogP contribution < -0.4 is 10.1 Å². The van der Waals surface area contributed by atoms with Gasteiger partial charge in [-0.25, -0.2) is 9.69 Å². The summed E-state index contributed by atoms with van der Waals surface area (Å²) < 4.78 is 17.2. The molecule has 1 N–H and O–H groups in total. The van der Waals surface area contributed by atoms with Crippen molar-refractivity contribution in [1.29, 1.82) is 0 Å². The van der Waals surface area contributed by atoms with Gasteiger partial charge in [-0.1, -0.05) is 110 Å². The van der Waals surface area contributed by atoms with Crippen LogP contribution in [-0.2, 0) is 19.1 Å². The number of imide groups is 1. The Morgan fingerprint density at radius 3 is 2.20 bits per heavy atom. The summed E-state index contributed by atoms with van der Waals surface area (Å²) in [5, 5.41) is 3.19. The minimum Gasteiger partial charge on any atom is -0.491 e. The standard InChI is InChI=1S/C32H51ClN2O6/c1-6-8-10-11-12-13-14-15-16-17-21-39-26-20-19-24(33)22-25(26)34-28(36)30(40-23-32(3,4)5)35-29(37)27(18-9-7-2)41-31(35)38/h19-20,22,27,30H,6-18,21,23H2,1-5H3,(H,34,36). The summed E-state index contributed by atoms with van der Waals surface area (Å²) in [5.74, 6) is -0.785. The maximum absolute atomic E-state index is 13.5. The average Bonchev–Trinajstić information content (AvgIpc) is 3.19. The van der Waals surface area contributed by atoms with Crippen LogP contribution in [0.2, 0.25) is 5.02 Å². The number of ether oxygens (including phenoxy) is 3. The van der Waals surface area contributed by atoms with Crippen molar-refractivity contribution in [2.24, 2.45) is 5.41 Å². The number of carbonyl (C=O) groups is 3. The van der Waals surface area contributed by atoms with Crippen LogP contribution in [0.3, 0.4) is 0 Å². The lowest BCUT2D eigenvalue weighted by molar-refractivity contribution is -0.152. The van der Waals surface area contributed by atoms with Gasteiger partial charge in [-0.05, 0) is 42.9 Å². The highest BCUT2D eigenvalue weighted by molar-refractivity contribution is 6.31. The van der Waals surface area contributed by atoms with Gasteiger partial charge in [0.25, 0.3) is 11.8 Å². The number of cyclic esters (lactones) is 1. The maximum atomic E-state index is 13.5. The Kier molecular flexibility index (Phi) is 15.5. The highest BCUT2D eigenvalue weighted by atomic mass is 35.5. The normalized spacial score (nSPS) is 16.1. The molecule has 0 radical (unpaired) electrons. The van der Waals surface area contributed by atoms with Gasteiger partial charge in [0.2, 0.25) is 6.23 Å². The van der Waals surface area contributed by atoms with E-state index in [0.717, 1.165) is 30.6 Å². The van der Waals surface area contributed by atoms with E-state index in [0.29, 0.717) is 29.5 Å². The Bertz CT molecular complexity index is 964. The number of rotatable bonds is 20. The number of halogens is 1. The molecule has 0 saturated carbocycles. The second-order valence-electron chi connectivity index (χ2n) is 12.1. The van der Waals surface area contributed by atoms with Crippen molar-refractivity contribution in [3.63, 3.8) is 0 Å². The van der Waals surface area contributed by atoms with Crippen LogP contribution in [0.4, 0.5) is 10.5 Å². The van der Waals surface area contributed by atoms with Crippen molar-refractivity contribution in [3.05, 3.63) is 23.2 Å². The predicted octanol–water partition coefficient (Wildman–Crippen LogP) is 8.50. The number of hydrogen-bond donors (Lipinski definition) is 1. The zero-order valence-corrected chi connectivity index (χ0v) is 26.5. The molecule has 1 aliphatic rings. The van der Waals surface area contributed by atoms with Crippen LogP contribution in [0.5, 0.6) is 5.75 Å². The highest BCUT2D eigenvalue weighted by Crippen LogP contribution is 2.30. The summed E-state index contributed by atoms with van der Waals surface area (Å²) >= 11 is 6.24. The molecule has 2 atom stereocenters. The molecule has 1 aromatic carbocycles. The minimum atomic E-state index is -1.49. The SMILES string of the molecule is CCCCCCCCCCCCOc1ccc(Cl)cc1NC(=O)C(OCC(C)(C)C)N1C(=O)OC(CCCC)C1=O. The van der Waals surface area contributed by atoms with E-state index in [1.54, 1.807) is 18.2 Å². The van der Waals surface area contributed by atoms with Gasteiger partial charge in [0.05, 0.1) is 18.9 Å². The van der Waals surface area contributed by atoms with E-state index in [9.17, 15) is 14.4 Å². The molecule has 1 fully saturated rings. The first kappa shape index (κ1) is 34.9. The maximum Gasteiger partial charge on any atom is 0.420 e. The monoisotopic (exact) mass is 594 g/mol. The Morgan fingerprint density at radius 2 is 1.59 bits per heavy atom. The fourth-order valence-electron chi connectivity index (χ4n) is 4.55. The predicted molar refractivity (Wildman–Crippen MR) is 163 cm³/mol. The highest BCUT2D eigenvalue weighted by Gasteiger charge is 2.47. The number of unbranched alkanes of at least 4 members (excludes halogenated alkanes) is 10. The molecule has 8 nitrogen and oxygen atoms in total. The first-order valence-electron chi connectivity index (χ1n) is 15.5. The van der Waals surface area contributed by atoms with Crippen LogP contribution in [0.15, 0.2) is 18.2 Å². The first-order valence-corrected chi connectivity index (χ1v) is 15.8. The van der Waals surface area contributed by atoms with Gasteiger partial charge in [-0.2, -0.15) is 0 Å². The van der Waals surface area contributed by atoms with Crippen LogP contribution in [0, 0.1) is 5.41 Å². The Balaban J connectivity index is 2.00. The van der Waals surface area contributed by atoms with Crippen molar-refractivity contribution < 1.29 is 28.6 Å². The zero-order chi connectivity index (χ0) is 30.3. The summed E-state index contributed by atoms with van der Waals surface area (Å²) in [6, 6.07) is 4.98. The molecule has 0 bridgehead atoms. The largest absolute Gasteiger partial charge is 0.491 e. The topological polar surface area (TPSA) is 94.2 Å². The third kappa shape index (κ3) is 12.6. The number of amides is 3. The van der Waals surface area contributed by atoms with Crippen molar-refractivity contribution in [2.75, 3.05) is 18.5 Å². The van der Waals surface area contributed by atoms with E-state index >= 15 is 0 Å². The lowest BCUT2D eigenvalue weighted by Gasteiger charge is -2.27. The van der Waals surface area contributed by atoms with Gasteiger partial charge >= 0.3 is 6.09 Å². The Hall–Kier alpha value is -2.32. The summed E-state index contributed by atoms with van der Waals surface area (Å²) in [6.07, 6.45) is 10.9. The average molecular weight is 595 g/mol. The molecule has 9 heteroatoms. The molecule has 232 valence electrons. The van der Waals surface area contributed by atoms with Gasteiger partial charge in [-0.15, -0.1) is 0 Å². The third-order valence-corrected chi connectivity index (χ3v) is 7.10. The van der Waals surface area contributed by atoms with Gasteiger partial charge in [-0.3, -0.25) is 9.59 Å². The summed E-state index contributed by atoms with van der Waals surface area (Å²) in [6.45, 7) is 10.7. The summed E-state index contributed by atoms with van der Waals surface area (Å²) in [5.41, 5.74) is 0.0353. The lowest BCUT2D eigenvalue weighted by atomic mass is 9.99. The van der Waals surface area contributed by atoms with E-state index in [-0.39, 0.29) is 12.0 Å². The van der Waals surface area contributed by atoms with E-state index in [1.165, 1.54) is 51.4 Å². The minimum absolute atomic E-state index is 0.138. The van der Waals surface area contributed by atoms with E-state index in [2.05, 4.69) is 12.2 Å². The smallest absolute Gasteiger partial charge is 0.420 e. The van der Waals surface area contributed by atoms with Crippen LogP contribution in [-0.4, -0.2) is 48.4 Å². The Morgan fingerprint density at radius 1 is 0.976 bits per heavy atom. The molecule has 1 saturated heterocycles. The molecule has 1 aliphatic heterocycles. The fourth-order valence-corrected chi connectivity index (χ4v) is 4.72. The first-order chi connectivity index (χ1) is 19.6. The van der Waals surface area contributed by atoms with Crippen molar-refractivity contribution in [3.8, 4) is 5.75 Å². The van der Waals surface area contributed by atoms with E-state index < -0.39 is 30.2 Å². The number of anilines is 1. The molecule has 0 spiro atoms. The molecule has 1 heterocycles. The quantitative estimate of drug-likeness (QED) is 0.152. The molecular weight excluding hydrogens is 544 g/mol. The van der Waals surface area contributed by atoms with E-state index in [4.69, 9.17) is 25.8 Å². The molecule has 41 heavy (non-hydrogen) atoms. The summed E-state index contributed by atoms with van der Waals surface area (Å²) in [4.78, 5) is 40.1. The molecular formula is C32H51ClN2O6. The molecule has 2 unspecified atom stereocenters. The molecule has 0 aromatic heterocycles. The number of nitrogens with zero attached hydrogens (tertiary/aromatic N) is 1. The fraction of sp³-hybridized carbons (Fsp3) is 0.719. The van der Waals surface area contributed by atoms with Crippen molar-refractivity contribution >= 4 is 35.2 Å². The van der Waals surface area contributed by atoms with E-state index in [1.807, 2.05) is 27.7 Å². The Labute approximate surface area is 251 Å². The number of benzene rings is 1. The number of hydrogen-bond acceptors (Lipinski definition) is 6. The van der Waals surface area contributed by atoms with Crippen molar-refractivity contribution in [1.82, 2.24) is 4.90 Å². The molecule has 0 aliphatic carbocycles.